The van der Waals surface area contributed by atoms with Crippen LogP contribution >= 0.6 is 11.8 Å². The summed E-state index contributed by atoms with van der Waals surface area (Å²) in [4.78, 5) is 40.4. The van der Waals surface area contributed by atoms with Gasteiger partial charge in [0.15, 0.2) is 5.16 Å². The van der Waals surface area contributed by atoms with Crippen LogP contribution in [0.1, 0.15) is 6.92 Å². The van der Waals surface area contributed by atoms with E-state index in [2.05, 4.69) is 20.6 Å². The molecule has 1 aromatic heterocycles. The topological polar surface area (TPSA) is 133 Å². The van der Waals surface area contributed by atoms with E-state index in [1.807, 2.05) is 0 Å². The Morgan fingerprint density at radius 2 is 2.24 bits per heavy atom. The van der Waals surface area contributed by atoms with Gasteiger partial charge in [0.1, 0.15) is 6.04 Å². The van der Waals surface area contributed by atoms with Crippen molar-refractivity contribution in [3.05, 3.63) is 16.4 Å². The molecule has 1 fully saturated rings. The number of esters is 1. The monoisotopic (exact) mass is 314 g/mol. The lowest BCUT2D eigenvalue weighted by atomic mass is 10.2. The van der Waals surface area contributed by atoms with Crippen molar-refractivity contribution in [3.63, 3.8) is 0 Å². The molecule has 1 aliphatic heterocycles. The molecule has 2 rings (SSSR count). The van der Waals surface area contributed by atoms with Crippen LogP contribution in [-0.4, -0.2) is 51.5 Å². The number of carbonyl (C=O) groups is 2. The zero-order chi connectivity index (χ0) is 15.4. The number of thioether (sulfide) groups is 1. The lowest BCUT2D eigenvalue weighted by Crippen LogP contribution is -2.43. The number of aromatic nitrogens is 2. The molecule has 0 radical (unpaired) electrons. The summed E-state index contributed by atoms with van der Waals surface area (Å²) < 4.78 is 4.88. The van der Waals surface area contributed by atoms with Crippen molar-refractivity contribution in [2.75, 3.05) is 12.4 Å². The fourth-order valence-electron chi connectivity index (χ4n) is 1.79. The Morgan fingerprint density at radius 1 is 1.48 bits per heavy atom. The van der Waals surface area contributed by atoms with Crippen molar-refractivity contribution in [2.45, 2.75) is 24.2 Å². The van der Waals surface area contributed by atoms with E-state index in [1.165, 1.54) is 0 Å². The van der Waals surface area contributed by atoms with Crippen LogP contribution in [0.3, 0.4) is 0 Å². The third-order valence-corrected chi connectivity index (χ3v) is 3.64. The van der Waals surface area contributed by atoms with E-state index >= 15 is 0 Å². The largest absolute Gasteiger partial charge is 0.493 e. The van der Waals surface area contributed by atoms with Gasteiger partial charge in [0.25, 0.3) is 5.56 Å². The predicted molar refractivity (Wildman–Crippen MR) is 73.1 cm³/mol. The molecule has 9 nitrogen and oxygen atoms in total. The van der Waals surface area contributed by atoms with Crippen LogP contribution in [0.4, 0.5) is 4.79 Å². The zero-order valence-electron chi connectivity index (χ0n) is 11.1. The second-order valence-electron chi connectivity index (χ2n) is 4.17. The van der Waals surface area contributed by atoms with Crippen LogP contribution < -0.4 is 16.2 Å². The maximum Gasteiger partial charge on any atom is 0.330 e. The first kappa shape index (κ1) is 15.2. The molecule has 2 unspecified atom stereocenters. The zero-order valence-corrected chi connectivity index (χ0v) is 11.9. The van der Waals surface area contributed by atoms with Gasteiger partial charge in [-0.2, -0.15) is 4.98 Å². The molecule has 0 bridgehead atoms. The number of urea groups is 1. The van der Waals surface area contributed by atoms with Crippen molar-refractivity contribution in [1.29, 1.82) is 0 Å². The van der Waals surface area contributed by atoms with E-state index < -0.39 is 35.5 Å². The molecule has 4 N–H and O–H groups in total. The minimum Gasteiger partial charge on any atom is -0.493 e. The van der Waals surface area contributed by atoms with Crippen LogP contribution in [0.5, 0.6) is 5.88 Å². The average molecular weight is 314 g/mol. The molecule has 0 aliphatic carbocycles. The van der Waals surface area contributed by atoms with E-state index in [0.717, 1.165) is 17.8 Å². The number of H-pyrrole nitrogens is 1. The summed E-state index contributed by atoms with van der Waals surface area (Å²) in [5.41, 5.74) is -0.486. The summed E-state index contributed by atoms with van der Waals surface area (Å²) >= 11 is 1.10. The third kappa shape index (κ3) is 3.88. The predicted octanol–water partition coefficient (Wildman–Crippen LogP) is -0.819. The van der Waals surface area contributed by atoms with Gasteiger partial charge in [-0.3, -0.25) is 4.79 Å². The number of carbonyl (C=O) groups excluding carboxylic acids is 2. The van der Waals surface area contributed by atoms with Crippen molar-refractivity contribution in [1.82, 2.24) is 20.6 Å². The maximum absolute atomic E-state index is 11.7. The molecule has 21 heavy (non-hydrogen) atoms. The summed E-state index contributed by atoms with van der Waals surface area (Å²) in [6.45, 7) is 1.89. The lowest BCUT2D eigenvalue weighted by molar-refractivity contribution is -0.145. The van der Waals surface area contributed by atoms with Crippen LogP contribution in [0.25, 0.3) is 0 Å². The maximum atomic E-state index is 11.7. The lowest BCUT2D eigenvalue weighted by Gasteiger charge is -2.16. The summed E-state index contributed by atoms with van der Waals surface area (Å²) in [6.07, 6.45) is 0. The Kier molecular flexibility index (Phi) is 4.68. The van der Waals surface area contributed by atoms with Crippen LogP contribution in [0.2, 0.25) is 0 Å². The van der Waals surface area contributed by atoms with Crippen molar-refractivity contribution in [3.8, 4) is 5.88 Å². The number of hydrogen-bond donors (Lipinski definition) is 4. The third-order valence-electron chi connectivity index (χ3n) is 2.65. The van der Waals surface area contributed by atoms with E-state index in [4.69, 9.17) is 4.74 Å². The second-order valence-corrected chi connectivity index (χ2v) is 5.18. The highest BCUT2D eigenvalue weighted by Gasteiger charge is 2.38. The van der Waals surface area contributed by atoms with Gasteiger partial charge in [-0.05, 0) is 6.92 Å². The van der Waals surface area contributed by atoms with Crippen LogP contribution in [0, 0.1) is 0 Å². The average Bonchev–Trinajstić information content (AvgIpc) is 2.77. The Balaban J connectivity index is 2.01. The number of ether oxygens (including phenoxy) is 1. The van der Waals surface area contributed by atoms with Gasteiger partial charge >= 0.3 is 12.0 Å². The van der Waals surface area contributed by atoms with Crippen LogP contribution in [0.15, 0.2) is 16.0 Å². The van der Waals surface area contributed by atoms with E-state index in [-0.39, 0.29) is 17.5 Å². The number of nitrogens with zero attached hydrogens (tertiary/aromatic N) is 1. The van der Waals surface area contributed by atoms with Gasteiger partial charge in [0.2, 0.25) is 5.88 Å². The van der Waals surface area contributed by atoms with Crippen molar-refractivity contribution in [2.24, 2.45) is 0 Å². The van der Waals surface area contributed by atoms with Crippen LogP contribution in [-0.2, 0) is 9.53 Å². The number of aromatic amines is 1. The molecule has 2 amide bonds. The molecule has 10 heteroatoms. The Morgan fingerprint density at radius 3 is 2.90 bits per heavy atom. The highest BCUT2D eigenvalue weighted by molar-refractivity contribution is 7.99. The molecular formula is C11H14N4O5S. The standard InChI is InChI=1S/C11H14N4O5S/c1-2-20-9(18)8-5(12-10(19)15-8)4-21-11-13-6(16)3-7(17)14-11/h3,5,8H,2,4H2,1H3,(H2,12,15,19)(H2,13,14,16,17). The molecule has 2 heterocycles. The Bertz CT molecular complexity index is 605. The molecule has 2 atom stereocenters. The highest BCUT2D eigenvalue weighted by atomic mass is 32.2. The number of hydrogen-bond acceptors (Lipinski definition) is 7. The van der Waals surface area contributed by atoms with Crippen molar-refractivity contribution < 1.29 is 19.4 Å². The molecule has 1 aliphatic rings. The van der Waals surface area contributed by atoms with Gasteiger partial charge in [-0.25, -0.2) is 9.59 Å². The van der Waals surface area contributed by atoms with Gasteiger partial charge in [-0.1, -0.05) is 11.8 Å². The molecular weight excluding hydrogens is 300 g/mol. The first-order valence-corrected chi connectivity index (χ1v) is 7.15. The summed E-state index contributed by atoms with van der Waals surface area (Å²) in [7, 11) is 0. The quantitative estimate of drug-likeness (QED) is 0.317. The normalized spacial score (nSPS) is 20.7. The van der Waals surface area contributed by atoms with Crippen molar-refractivity contribution >= 4 is 23.8 Å². The molecule has 114 valence electrons. The van der Waals surface area contributed by atoms with Gasteiger partial charge < -0.3 is 25.5 Å². The number of aromatic hydroxyl groups is 1. The van der Waals surface area contributed by atoms with E-state index in [1.54, 1.807) is 6.92 Å². The Hall–Kier alpha value is -2.23. The SMILES string of the molecule is CCOC(=O)C1NC(=O)NC1CSc1nc(O)cc(=O)[nH]1. The molecule has 0 saturated carbocycles. The minimum atomic E-state index is -0.797. The van der Waals surface area contributed by atoms with Gasteiger partial charge in [-0.15, -0.1) is 0 Å². The van der Waals surface area contributed by atoms with E-state index in [0.29, 0.717) is 0 Å². The molecule has 1 aromatic rings. The highest BCUT2D eigenvalue weighted by Crippen LogP contribution is 2.17. The first-order chi connectivity index (χ1) is 9.99. The molecule has 0 aromatic carbocycles. The summed E-state index contributed by atoms with van der Waals surface area (Å²) in [5.74, 6) is -0.648. The summed E-state index contributed by atoms with van der Waals surface area (Å²) in [5, 5.41) is 14.5. The minimum absolute atomic E-state index is 0.198. The molecule has 1 saturated heterocycles. The first-order valence-electron chi connectivity index (χ1n) is 6.16. The van der Waals surface area contributed by atoms with Gasteiger partial charge in [0, 0.05) is 5.75 Å². The number of rotatable bonds is 5. The number of nitrogens with one attached hydrogen (secondary N) is 3. The summed E-state index contributed by atoms with van der Waals surface area (Å²) in [6, 6.07) is -0.816. The molecule has 0 spiro atoms. The van der Waals surface area contributed by atoms with E-state index in [9.17, 15) is 19.5 Å². The fraction of sp³-hybridized carbons (Fsp3) is 0.455. The fourth-order valence-corrected chi connectivity index (χ4v) is 2.73. The van der Waals surface area contributed by atoms with Gasteiger partial charge in [0.05, 0.1) is 18.7 Å². The second kappa shape index (κ2) is 6.48. The number of amides is 2. The Labute approximate surface area is 123 Å². The smallest absolute Gasteiger partial charge is 0.330 e.